The SMILES string of the molecule is CSc1nccc(COc2ccc(C(C)(C)c3cc(Cl)c(OC4CC4)c(C#N)c3)cc2)n1. The van der Waals surface area contributed by atoms with Gasteiger partial charge in [-0.25, -0.2) is 9.97 Å². The first kappa shape index (κ1) is 22.4. The summed E-state index contributed by atoms with van der Waals surface area (Å²) < 4.78 is 11.8. The normalized spacial score (nSPS) is 13.5. The molecule has 1 heterocycles. The number of hydrogen-bond acceptors (Lipinski definition) is 6. The van der Waals surface area contributed by atoms with Crippen LogP contribution in [0.2, 0.25) is 5.02 Å². The van der Waals surface area contributed by atoms with Crippen molar-refractivity contribution in [3.8, 4) is 17.6 Å². The Morgan fingerprint density at radius 1 is 1.16 bits per heavy atom. The van der Waals surface area contributed by atoms with Crippen LogP contribution in [0.15, 0.2) is 53.8 Å². The fourth-order valence-electron chi connectivity index (χ4n) is 3.36. The highest BCUT2D eigenvalue weighted by Gasteiger charge is 2.29. The van der Waals surface area contributed by atoms with Crippen molar-refractivity contribution in [2.75, 3.05) is 6.26 Å². The minimum atomic E-state index is -0.355. The van der Waals surface area contributed by atoms with Gasteiger partial charge in [0.25, 0.3) is 0 Å². The van der Waals surface area contributed by atoms with Gasteiger partial charge in [0.2, 0.25) is 0 Å². The Hall–Kier alpha value is -2.75. The largest absolute Gasteiger partial charge is 0.487 e. The Kier molecular flexibility index (Phi) is 6.59. The molecule has 1 fully saturated rings. The number of aromatic nitrogens is 2. The molecule has 0 unspecified atom stereocenters. The zero-order chi connectivity index (χ0) is 22.7. The van der Waals surface area contributed by atoms with Crippen LogP contribution < -0.4 is 9.47 Å². The molecule has 3 aromatic rings. The molecule has 1 aliphatic carbocycles. The standard InChI is InChI=1S/C25H24ClN3O2S/c1-25(2,18-12-16(14-27)23(22(26)13-18)31-21-8-9-21)17-4-6-20(7-5-17)30-15-19-10-11-28-24(29-19)32-3/h4-7,10-13,21H,8-9,15H2,1-3H3. The highest BCUT2D eigenvalue weighted by Crippen LogP contribution is 2.40. The van der Waals surface area contributed by atoms with Crippen LogP contribution in [-0.2, 0) is 12.0 Å². The summed E-state index contributed by atoms with van der Waals surface area (Å²) >= 11 is 8.02. The van der Waals surface area contributed by atoms with E-state index in [1.54, 1.807) is 6.20 Å². The number of nitrogens with zero attached hydrogens (tertiary/aromatic N) is 3. The number of benzene rings is 2. The average molecular weight is 466 g/mol. The van der Waals surface area contributed by atoms with Gasteiger partial charge in [-0.05, 0) is 60.6 Å². The lowest BCUT2D eigenvalue weighted by molar-refractivity contribution is 0.300. The van der Waals surface area contributed by atoms with E-state index in [9.17, 15) is 5.26 Å². The van der Waals surface area contributed by atoms with Crippen molar-refractivity contribution >= 4 is 23.4 Å². The Bertz CT molecular complexity index is 1150. The highest BCUT2D eigenvalue weighted by atomic mass is 35.5. The summed E-state index contributed by atoms with van der Waals surface area (Å²) in [5.41, 5.74) is 3.00. The van der Waals surface area contributed by atoms with E-state index >= 15 is 0 Å². The average Bonchev–Trinajstić information content (AvgIpc) is 3.63. The summed E-state index contributed by atoms with van der Waals surface area (Å²) in [6.07, 6.45) is 5.89. The molecule has 0 atom stereocenters. The van der Waals surface area contributed by atoms with Crippen molar-refractivity contribution in [3.63, 3.8) is 0 Å². The fourth-order valence-corrected chi connectivity index (χ4v) is 3.99. The third-order valence-corrected chi connectivity index (χ3v) is 6.37. The minimum Gasteiger partial charge on any atom is -0.487 e. The quantitative estimate of drug-likeness (QED) is 0.292. The van der Waals surface area contributed by atoms with Crippen LogP contribution in [-0.4, -0.2) is 22.3 Å². The summed E-state index contributed by atoms with van der Waals surface area (Å²) in [4.78, 5) is 8.61. The van der Waals surface area contributed by atoms with E-state index in [0.29, 0.717) is 22.9 Å². The topological polar surface area (TPSA) is 68.0 Å². The smallest absolute Gasteiger partial charge is 0.187 e. The molecule has 2 aromatic carbocycles. The summed E-state index contributed by atoms with van der Waals surface area (Å²) in [6, 6.07) is 15.9. The van der Waals surface area contributed by atoms with E-state index in [4.69, 9.17) is 21.1 Å². The summed E-state index contributed by atoms with van der Waals surface area (Å²) in [5.74, 6) is 1.26. The molecule has 1 aliphatic rings. The zero-order valence-corrected chi connectivity index (χ0v) is 19.8. The fraction of sp³-hybridized carbons (Fsp3) is 0.320. The lowest BCUT2D eigenvalue weighted by Crippen LogP contribution is -2.19. The summed E-state index contributed by atoms with van der Waals surface area (Å²) in [6.45, 7) is 4.60. The van der Waals surface area contributed by atoms with Gasteiger partial charge < -0.3 is 9.47 Å². The highest BCUT2D eigenvalue weighted by molar-refractivity contribution is 7.98. The molecule has 32 heavy (non-hydrogen) atoms. The van der Waals surface area contributed by atoms with Crippen LogP contribution in [0.4, 0.5) is 0 Å². The van der Waals surface area contributed by atoms with Crippen LogP contribution in [0, 0.1) is 11.3 Å². The number of hydrogen-bond donors (Lipinski definition) is 0. The predicted octanol–water partition coefficient (Wildman–Crippen LogP) is 6.17. The first-order valence-electron chi connectivity index (χ1n) is 10.4. The third-order valence-electron chi connectivity index (χ3n) is 5.53. The van der Waals surface area contributed by atoms with Crippen molar-refractivity contribution in [2.24, 2.45) is 0 Å². The summed E-state index contributed by atoms with van der Waals surface area (Å²) in [7, 11) is 0. The second-order valence-electron chi connectivity index (χ2n) is 8.24. The molecule has 0 radical (unpaired) electrons. The Morgan fingerprint density at radius 3 is 2.56 bits per heavy atom. The van der Waals surface area contributed by atoms with Crippen LogP contribution >= 0.6 is 23.4 Å². The zero-order valence-electron chi connectivity index (χ0n) is 18.3. The molecule has 0 spiro atoms. The molecule has 0 amide bonds. The van der Waals surface area contributed by atoms with E-state index in [1.165, 1.54) is 11.8 Å². The molecule has 5 nitrogen and oxygen atoms in total. The molecule has 164 valence electrons. The molecule has 0 saturated heterocycles. The van der Waals surface area contributed by atoms with Crippen molar-refractivity contribution in [3.05, 3.63) is 76.1 Å². The molecule has 0 bridgehead atoms. The van der Waals surface area contributed by atoms with Crippen molar-refractivity contribution in [1.82, 2.24) is 9.97 Å². The lowest BCUT2D eigenvalue weighted by Gasteiger charge is -2.27. The van der Waals surface area contributed by atoms with Crippen molar-refractivity contribution in [1.29, 1.82) is 5.26 Å². The van der Waals surface area contributed by atoms with Gasteiger partial charge in [0.1, 0.15) is 18.4 Å². The molecule has 1 saturated carbocycles. The number of thioether (sulfide) groups is 1. The van der Waals surface area contributed by atoms with Crippen molar-refractivity contribution < 1.29 is 9.47 Å². The monoisotopic (exact) mass is 465 g/mol. The minimum absolute atomic E-state index is 0.181. The Balaban J connectivity index is 1.51. The maximum atomic E-state index is 9.64. The van der Waals surface area contributed by atoms with Gasteiger partial charge in [-0.2, -0.15) is 5.26 Å². The second kappa shape index (κ2) is 9.40. The molecule has 4 rings (SSSR count). The first-order chi connectivity index (χ1) is 15.4. The third kappa shape index (κ3) is 5.01. The van der Waals surface area contributed by atoms with Gasteiger partial charge >= 0.3 is 0 Å². The second-order valence-corrected chi connectivity index (χ2v) is 9.42. The van der Waals surface area contributed by atoms with Gasteiger partial charge in [-0.15, -0.1) is 0 Å². The van der Waals surface area contributed by atoms with Gasteiger partial charge in [-0.1, -0.05) is 49.3 Å². The van der Waals surface area contributed by atoms with Crippen molar-refractivity contribution in [2.45, 2.75) is 50.0 Å². The van der Waals surface area contributed by atoms with Crippen LogP contribution in [0.3, 0.4) is 0 Å². The molecule has 0 aliphatic heterocycles. The maximum absolute atomic E-state index is 9.64. The number of nitriles is 1. The van der Waals surface area contributed by atoms with E-state index in [1.807, 2.05) is 48.7 Å². The van der Waals surface area contributed by atoms with Crippen LogP contribution in [0.1, 0.15) is 49.1 Å². The van der Waals surface area contributed by atoms with Gasteiger partial charge in [-0.3, -0.25) is 0 Å². The lowest BCUT2D eigenvalue weighted by atomic mass is 9.77. The molecular weight excluding hydrogens is 442 g/mol. The van der Waals surface area contributed by atoms with Gasteiger partial charge in [0, 0.05) is 11.6 Å². The molecular formula is C25H24ClN3O2S. The maximum Gasteiger partial charge on any atom is 0.187 e. The molecule has 0 N–H and O–H groups in total. The number of ether oxygens (including phenoxy) is 2. The number of halogens is 1. The van der Waals surface area contributed by atoms with Crippen LogP contribution in [0.5, 0.6) is 11.5 Å². The number of rotatable bonds is 8. The molecule has 7 heteroatoms. The van der Waals surface area contributed by atoms with E-state index in [2.05, 4.69) is 29.9 Å². The Morgan fingerprint density at radius 2 is 1.91 bits per heavy atom. The van der Waals surface area contributed by atoms with Gasteiger partial charge in [0.15, 0.2) is 10.9 Å². The van der Waals surface area contributed by atoms with E-state index in [-0.39, 0.29) is 11.5 Å². The van der Waals surface area contributed by atoms with E-state index in [0.717, 1.165) is 40.6 Å². The molecule has 1 aromatic heterocycles. The first-order valence-corrected chi connectivity index (χ1v) is 12.0. The van der Waals surface area contributed by atoms with E-state index < -0.39 is 0 Å². The predicted molar refractivity (Wildman–Crippen MR) is 127 cm³/mol. The Labute approximate surface area is 197 Å². The summed E-state index contributed by atoms with van der Waals surface area (Å²) in [5, 5.41) is 10.9. The van der Waals surface area contributed by atoms with Crippen LogP contribution in [0.25, 0.3) is 0 Å². The van der Waals surface area contributed by atoms with Gasteiger partial charge in [0.05, 0.1) is 22.4 Å².